The number of hydrogen-bond acceptors (Lipinski definition) is 4. The van der Waals surface area contributed by atoms with Gasteiger partial charge in [0.2, 0.25) is 0 Å². The van der Waals surface area contributed by atoms with Crippen molar-refractivity contribution < 1.29 is 19.2 Å². The first-order valence-corrected chi connectivity index (χ1v) is 9.64. The van der Waals surface area contributed by atoms with Crippen LogP contribution in [-0.2, 0) is 16.1 Å². The Labute approximate surface area is 158 Å². The number of rotatable bonds is 10. The number of carbonyl (C=O) groups is 2. The number of ether oxygens (including phenoxy) is 1. The van der Waals surface area contributed by atoms with E-state index >= 15 is 0 Å². The van der Waals surface area contributed by atoms with Crippen LogP contribution in [0.3, 0.4) is 0 Å². The minimum atomic E-state index is -0.114. The van der Waals surface area contributed by atoms with Gasteiger partial charge in [-0.3, -0.25) is 9.59 Å². The summed E-state index contributed by atoms with van der Waals surface area (Å²) in [7, 11) is 0. The number of hydrogen-bond donors (Lipinski definition) is 3. The van der Waals surface area contributed by atoms with E-state index in [1.165, 1.54) is 0 Å². The highest BCUT2D eigenvalue weighted by Gasteiger charge is 2.16. The Morgan fingerprint density at radius 3 is 2.42 bits per heavy atom. The van der Waals surface area contributed by atoms with Crippen molar-refractivity contribution in [1.29, 1.82) is 0 Å². The molecule has 6 nitrogen and oxygen atoms in total. The van der Waals surface area contributed by atoms with Crippen LogP contribution in [0.4, 0.5) is 5.69 Å². The fraction of sp³-hybridized carbons (Fsp3) is 0.368. The molecule has 26 heavy (non-hydrogen) atoms. The Balaban J connectivity index is 1.76. The third-order valence-corrected chi connectivity index (χ3v) is 4.69. The molecule has 0 saturated carbocycles. The average Bonchev–Trinajstić information content (AvgIpc) is 3.15. The molecular weight excluding hydrogens is 350 g/mol. The number of likely N-dealkylation sites (N-methyl/N-ethyl adjacent to an activating group) is 1. The summed E-state index contributed by atoms with van der Waals surface area (Å²) >= 11 is 1.61. The molecule has 1 unspecified atom stereocenters. The number of carbonyl (C=O) groups excluding carboxylic acids is 2. The molecule has 1 aromatic carbocycles. The van der Waals surface area contributed by atoms with Gasteiger partial charge in [0, 0.05) is 10.6 Å². The van der Waals surface area contributed by atoms with Crippen LogP contribution in [0, 0.1) is 0 Å². The topological polar surface area (TPSA) is 71.9 Å². The summed E-state index contributed by atoms with van der Waals surface area (Å²) in [6, 6.07) is 11.2. The van der Waals surface area contributed by atoms with Crippen LogP contribution < -0.4 is 20.3 Å². The molecule has 1 atom stereocenters. The van der Waals surface area contributed by atoms with Gasteiger partial charge in [0.1, 0.15) is 5.75 Å². The molecule has 2 amide bonds. The average molecular weight is 377 g/mol. The Bertz CT molecular complexity index is 687. The summed E-state index contributed by atoms with van der Waals surface area (Å²) in [4.78, 5) is 26.3. The predicted molar refractivity (Wildman–Crippen MR) is 104 cm³/mol. The van der Waals surface area contributed by atoms with Crippen molar-refractivity contribution in [2.75, 3.05) is 31.6 Å². The zero-order valence-corrected chi connectivity index (χ0v) is 16.0. The lowest BCUT2D eigenvalue weighted by molar-refractivity contribution is -0.881. The molecule has 140 valence electrons. The number of amides is 2. The van der Waals surface area contributed by atoms with E-state index < -0.39 is 0 Å². The van der Waals surface area contributed by atoms with Crippen molar-refractivity contribution in [3.05, 3.63) is 46.7 Å². The second kappa shape index (κ2) is 10.6. The molecule has 3 N–H and O–H groups in total. The highest BCUT2D eigenvalue weighted by molar-refractivity contribution is 7.09. The smallest absolute Gasteiger partial charge is 0.279 e. The van der Waals surface area contributed by atoms with Gasteiger partial charge in [0.25, 0.3) is 11.8 Å². The lowest BCUT2D eigenvalue weighted by Crippen LogP contribution is -3.13. The second-order valence-corrected chi connectivity index (χ2v) is 6.85. The Hall–Kier alpha value is -2.38. The minimum absolute atomic E-state index is 0.0517. The van der Waals surface area contributed by atoms with Gasteiger partial charge in [-0.05, 0) is 49.6 Å². The zero-order chi connectivity index (χ0) is 18.8. The van der Waals surface area contributed by atoms with Crippen molar-refractivity contribution >= 4 is 28.8 Å². The maximum absolute atomic E-state index is 12.2. The molecule has 0 fully saturated rings. The van der Waals surface area contributed by atoms with Gasteiger partial charge >= 0.3 is 0 Å². The van der Waals surface area contributed by atoms with Crippen LogP contribution in [-0.4, -0.2) is 38.1 Å². The SMILES string of the molecule is CCOc1ccc(NC(=O)C[NH+](CC)CC(=O)NCc2cccs2)cc1. The second-order valence-electron chi connectivity index (χ2n) is 5.82. The van der Waals surface area contributed by atoms with Crippen LogP contribution in [0.1, 0.15) is 18.7 Å². The third kappa shape index (κ3) is 6.85. The molecule has 0 spiro atoms. The molecule has 2 rings (SSSR count). The standard InChI is InChI=1S/C19H25N3O3S/c1-3-22(13-18(23)20-12-17-6-5-11-26-17)14-19(24)21-15-7-9-16(10-8-15)25-4-2/h5-11H,3-4,12-14H2,1-2H3,(H,20,23)(H,21,24)/p+1. The van der Waals surface area contributed by atoms with Crippen LogP contribution in [0.25, 0.3) is 0 Å². The molecule has 0 aliphatic heterocycles. The van der Waals surface area contributed by atoms with Crippen molar-refractivity contribution in [3.8, 4) is 5.75 Å². The molecule has 0 saturated heterocycles. The molecule has 7 heteroatoms. The van der Waals surface area contributed by atoms with Crippen molar-refractivity contribution in [1.82, 2.24) is 5.32 Å². The van der Waals surface area contributed by atoms with E-state index in [9.17, 15) is 9.59 Å². The van der Waals surface area contributed by atoms with Gasteiger partial charge in [0.15, 0.2) is 13.1 Å². The van der Waals surface area contributed by atoms with Crippen molar-refractivity contribution in [2.24, 2.45) is 0 Å². The van der Waals surface area contributed by atoms with Crippen molar-refractivity contribution in [2.45, 2.75) is 20.4 Å². The van der Waals surface area contributed by atoms with Gasteiger partial charge in [-0.2, -0.15) is 0 Å². The van der Waals surface area contributed by atoms with Gasteiger partial charge in [-0.15, -0.1) is 11.3 Å². The van der Waals surface area contributed by atoms with E-state index in [4.69, 9.17) is 4.74 Å². The highest BCUT2D eigenvalue weighted by atomic mass is 32.1. The molecule has 0 aliphatic rings. The molecule has 0 aliphatic carbocycles. The summed E-state index contributed by atoms with van der Waals surface area (Å²) in [5, 5.41) is 7.74. The highest BCUT2D eigenvalue weighted by Crippen LogP contribution is 2.15. The maximum atomic E-state index is 12.2. The van der Waals surface area contributed by atoms with Crippen LogP contribution in [0.15, 0.2) is 41.8 Å². The molecule has 0 radical (unpaired) electrons. The van der Waals surface area contributed by atoms with Gasteiger partial charge in [-0.1, -0.05) is 6.07 Å². The van der Waals surface area contributed by atoms with Crippen molar-refractivity contribution in [3.63, 3.8) is 0 Å². The van der Waals surface area contributed by atoms with Crippen LogP contribution in [0.2, 0.25) is 0 Å². The summed E-state index contributed by atoms with van der Waals surface area (Å²) in [6.07, 6.45) is 0. The van der Waals surface area contributed by atoms with E-state index in [1.807, 2.05) is 55.6 Å². The Kier molecular flexibility index (Phi) is 8.11. The van der Waals surface area contributed by atoms with E-state index in [-0.39, 0.29) is 24.9 Å². The molecule has 0 bridgehead atoms. The predicted octanol–water partition coefficient (Wildman–Crippen LogP) is 1.31. The quantitative estimate of drug-likeness (QED) is 0.585. The summed E-state index contributed by atoms with van der Waals surface area (Å²) in [5.41, 5.74) is 0.719. The minimum Gasteiger partial charge on any atom is -0.494 e. The van der Waals surface area contributed by atoms with E-state index in [0.29, 0.717) is 19.7 Å². The first-order valence-electron chi connectivity index (χ1n) is 8.76. The van der Waals surface area contributed by atoms with Gasteiger partial charge in [0.05, 0.1) is 19.7 Å². The first kappa shape index (κ1) is 19.9. The third-order valence-electron chi connectivity index (χ3n) is 3.81. The van der Waals surface area contributed by atoms with E-state index in [1.54, 1.807) is 11.3 Å². The van der Waals surface area contributed by atoms with E-state index in [2.05, 4.69) is 10.6 Å². The number of benzene rings is 1. The first-order chi connectivity index (χ1) is 12.6. The molecule has 1 heterocycles. The molecule has 2 aromatic rings. The van der Waals surface area contributed by atoms with E-state index in [0.717, 1.165) is 21.2 Å². The van der Waals surface area contributed by atoms with Crippen LogP contribution >= 0.6 is 11.3 Å². The lowest BCUT2D eigenvalue weighted by Gasteiger charge is -2.17. The number of quaternary nitrogens is 1. The Morgan fingerprint density at radius 1 is 1.08 bits per heavy atom. The maximum Gasteiger partial charge on any atom is 0.279 e. The summed E-state index contributed by atoms with van der Waals surface area (Å²) < 4.78 is 5.38. The number of nitrogens with one attached hydrogen (secondary N) is 3. The normalized spacial score (nSPS) is 11.6. The van der Waals surface area contributed by atoms with Gasteiger partial charge < -0.3 is 20.3 Å². The monoisotopic (exact) mass is 376 g/mol. The van der Waals surface area contributed by atoms with Crippen LogP contribution in [0.5, 0.6) is 5.75 Å². The number of thiophene rings is 1. The Morgan fingerprint density at radius 2 is 1.81 bits per heavy atom. The fourth-order valence-electron chi connectivity index (χ4n) is 2.43. The fourth-order valence-corrected chi connectivity index (χ4v) is 3.08. The zero-order valence-electron chi connectivity index (χ0n) is 15.2. The lowest BCUT2D eigenvalue weighted by atomic mass is 10.3. The molecule has 1 aromatic heterocycles. The largest absolute Gasteiger partial charge is 0.494 e. The summed E-state index contributed by atoms with van der Waals surface area (Å²) in [6.45, 7) is 6.25. The van der Waals surface area contributed by atoms with Gasteiger partial charge in [-0.25, -0.2) is 0 Å². The molecular formula is C19H26N3O3S+. The summed E-state index contributed by atoms with van der Waals surface area (Å²) in [5.74, 6) is 0.606. The number of anilines is 1.